The molecule has 2 aromatic carbocycles. The average Bonchev–Trinajstić information content (AvgIpc) is 2.93. The molecule has 3 atom stereocenters. The molecule has 8 nitrogen and oxygen atoms in total. The number of pyridine rings is 1. The molecule has 0 bridgehead atoms. The van der Waals surface area contributed by atoms with Gasteiger partial charge in [0.1, 0.15) is 23.9 Å². The lowest BCUT2D eigenvalue weighted by Crippen LogP contribution is -2.49. The Morgan fingerprint density at radius 3 is 2.68 bits per heavy atom. The minimum atomic E-state index is -0.543. The van der Waals surface area contributed by atoms with Crippen LogP contribution in [0.15, 0.2) is 67.0 Å². The predicted molar refractivity (Wildman–Crippen MR) is 142 cm³/mol. The summed E-state index contributed by atoms with van der Waals surface area (Å²) >= 11 is 0. The van der Waals surface area contributed by atoms with Crippen LogP contribution in [0.25, 0.3) is 0 Å². The molecule has 0 spiro atoms. The summed E-state index contributed by atoms with van der Waals surface area (Å²) in [6.07, 6.45) is 3.66. The second kappa shape index (κ2) is 12.4. The van der Waals surface area contributed by atoms with Crippen LogP contribution in [0.1, 0.15) is 23.5 Å². The fourth-order valence-electron chi connectivity index (χ4n) is 5.02. The van der Waals surface area contributed by atoms with Gasteiger partial charge in [-0.15, -0.1) is 0 Å². The highest BCUT2D eigenvalue weighted by Crippen LogP contribution is 2.34. The molecule has 3 heterocycles. The maximum absolute atomic E-state index is 10.9. The van der Waals surface area contributed by atoms with Gasteiger partial charge < -0.3 is 34.3 Å². The molecule has 37 heavy (non-hydrogen) atoms. The molecule has 3 unspecified atom stereocenters. The van der Waals surface area contributed by atoms with E-state index in [2.05, 4.69) is 27.3 Å². The molecule has 0 amide bonds. The molecular weight excluding hydrogens is 470 g/mol. The molecule has 2 aliphatic heterocycles. The molecule has 3 aromatic rings. The average molecular weight is 506 g/mol. The molecule has 0 saturated carbocycles. The maximum Gasteiger partial charge on any atom is 0.142 e. The zero-order valence-electron chi connectivity index (χ0n) is 21.2. The number of hydrogen-bond donors (Lipinski definition) is 2. The number of nitrogens with one attached hydrogen (secondary N) is 1. The topological polar surface area (TPSA) is 85.3 Å². The molecule has 1 saturated heterocycles. The summed E-state index contributed by atoms with van der Waals surface area (Å²) in [4.78, 5) is 6.37. The van der Waals surface area contributed by atoms with Gasteiger partial charge in [-0.1, -0.05) is 18.2 Å². The fraction of sp³-hybridized carbons (Fsp3) is 0.414. The number of piperidine rings is 1. The first-order chi connectivity index (χ1) is 18.2. The van der Waals surface area contributed by atoms with Gasteiger partial charge in [0.2, 0.25) is 0 Å². The molecular formula is C29H35N3O5. The summed E-state index contributed by atoms with van der Waals surface area (Å²) in [5.41, 5.74) is 3.22. The summed E-state index contributed by atoms with van der Waals surface area (Å²) in [7, 11) is 1.73. The Hall–Kier alpha value is -3.17. The molecule has 1 fully saturated rings. The third kappa shape index (κ3) is 6.40. The Morgan fingerprint density at radius 1 is 1.05 bits per heavy atom. The first-order valence-electron chi connectivity index (χ1n) is 12.9. The van der Waals surface area contributed by atoms with Crippen molar-refractivity contribution in [3.63, 3.8) is 0 Å². The number of methoxy groups -OCH3 is 1. The molecule has 0 radical (unpaired) electrons. The molecule has 0 aliphatic carbocycles. The first kappa shape index (κ1) is 25.5. The number of nitrogens with zero attached hydrogens (tertiary/aromatic N) is 2. The van der Waals surface area contributed by atoms with Crippen molar-refractivity contribution in [3.05, 3.63) is 78.1 Å². The smallest absolute Gasteiger partial charge is 0.142 e. The summed E-state index contributed by atoms with van der Waals surface area (Å²) in [6.45, 7) is 4.89. The van der Waals surface area contributed by atoms with Crippen LogP contribution in [-0.2, 0) is 16.1 Å². The number of rotatable bonds is 10. The Labute approximate surface area is 218 Å². The number of aliphatic hydroxyl groups is 1. The van der Waals surface area contributed by atoms with Crippen LogP contribution in [0, 0.1) is 0 Å². The van der Waals surface area contributed by atoms with Crippen molar-refractivity contribution in [1.82, 2.24) is 10.3 Å². The second-order valence-electron chi connectivity index (χ2n) is 9.44. The van der Waals surface area contributed by atoms with Crippen molar-refractivity contribution in [2.24, 2.45) is 0 Å². The first-order valence-corrected chi connectivity index (χ1v) is 12.9. The van der Waals surface area contributed by atoms with Crippen LogP contribution in [0.5, 0.6) is 17.2 Å². The van der Waals surface area contributed by atoms with Crippen LogP contribution >= 0.6 is 0 Å². The van der Waals surface area contributed by atoms with E-state index in [4.69, 9.17) is 18.9 Å². The number of hydrogen-bond acceptors (Lipinski definition) is 8. The van der Waals surface area contributed by atoms with Crippen LogP contribution in [-0.4, -0.2) is 68.8 Å². The summed E-state index contributed by atoms with van der Waals surface area (Å²) in [6, 6.07) is 17.8. The van der Waals surface area contributed by atoms with E-state index in [1.54, 1.807) is 19.5 Å². The Balaban J connectivity index is 1.25. The molecule has 2 N–H and O–H groups in total. The van der Waals surface area contributed by atoms with E-state index in [9.17, 15) is 5.11 Å². The SMILES string of the molecule is COCCCN1CCOc2ccc(COC3CNCC(O)C3c3ccc(Oc4ccncc4)cc3)cc21. The molecule has 2 aliphatic rings. The van der Waals surface area contributed by atoms with Gasteiger partial charge in [0.05, 0.1) is 31.0 Å². The Kier molecular flexibility index (Phi) is 8.53. The van der Waals surface area contributed by atoms with Crippen molar-refractivity contribution in [2.75, 3.05) is 51.4 Å². The van der Waals surface area contributed by atoms with Crippen LogP contribution in [0.2, 0.25) is 0 Å². The monoisotopic (exact) mass is 505 g/mol. The van der Waals surface area contributed by atoms with Crippen molar-refractivity contribution < 1.29 is 24.1 Å². The van der Waals surface area contributed by atoms with Crippen molar-refractivity contribution in [3.8, 4) is 17.2 Å². The second-order valence-corrected chi connectivity index (χ2v) is 9.44. The quantitative estimate of drug-likeness (QED) is 0.403. The zero-order chi connectivity index (χ0) is 25.5. The Morgan fingerprint density at radius 2 is 1.86 bits per heavy atom. The molecule has 196 valence electrons. The van der Waals surface area contributed by atoms with Gasteiger partial charge in [-0.3, -0.25) is 4.98 Å². The third-order valence-corrected chi connectivity index (χ3v) is 6.89. The standard InChI is InChI=1S/C29H35N3O5/c1-34-15-2-13-32-14-16-35-27-8-3-21(17-25(27)32)20-36-28-19-31-18-26(33)29(28)22-4-6-23(7-5-22)37-24-9-11-30-12-10-24/h3-12,17,26,28-29,31,33H,2,13-16,18-20H2,1H3. The predicted octanol–water partition coefficient (Wildman–Crippen LogP) is 3.74. The van der Waals surface area contributed by atoms with Gasteiger partial charge in [0.25, 0.3) is 0 Å². The van der Waals surface area contributed by atoms with Gasteiger partial charge >= 0.3 is 0 Å². The fourth-order valence-corrected chi connectivity index (χ4v) is 5.02. The third-order valence-electron chi connectivity index (χ3n) is 6.89. The van der Waals surface area contributed by atoms with Crippen LogP contribution in [0.4, 0.5) is 5.69 Å². The normalized spacial score (nSPS) is 21.2. The number of ether oxygens (including phenoxy) is 4. The van der Waals surface area contributed by atoms with E-state index in [0.717, 1.165) is 60.2 Å². The van der Waals surface area contributed by atoms with E-state index in [-0.39, 0.29) is 12.0 Å². The lowest BCUT2D eigenvalue weighted by atomic mass is 9.85. The number of fused-ring (bicyclic) bond motifs is 1. The minimum absolute atomic E-state index is 0.136. The largest absolute Gasteiger partial charge is 0.490 e. The number of β-amino-alcohol motifs (C(OH)–C–C–N with tert-alkyl or cyclic N) is 1. The highest BCUT2D eigenvalue weighted by molar-refractivity contribution is 5.61. The van der Waals surface area contributed by atoms with Crippen molar-refractivity contribution in [2.45, 2.75) is 31.2 Å². The number of anilines is 1. The van der Waals surface area contributed by atoms with Crippen molar-refractivity contribution >= 4 is 5.69 Å². The minimum Gasteiger partial charge on any atom is -0.490 e. The molecule has 5 rings (SSSR count). The van der Waals surface area contributed by atoms with E-state index < -0.39 is 6.10 Å². The van der Waals surface area contributed by atoms with Crippen molar-refractivity contribution in [1.29, 1.82) is 0 Å². The molecule has 8 heteroatoms. The highest BCUT2D eigenvalue weighted by atomic mass is 16.5. The summed E-state index contributed by atoms with van der Waals surface area (Å²) in [5.74, 6) is 2.25. The lowest BCUT2D eigenvalue weighted by Gasteiger charge is -2.36. The van der Waals surface area contributed by atoms with E-state index >= 15 is 0 Å². The zero-order valence-corrected chi connectivity index (χ0v) is 21.2. The number of aromatic nitrogens is 1. The highest BCUT2D eigenvalue weighted by Gasteiger charge is 2.34. The number of aliphatic hydroxyl groups excluding tert-OH is 1. The number of benzene rings is 2. The molecule has 1 aromatic heterocycles. The van der Waals surface area contributed by atoms with E-state index in [0.29, 0.717) is 26.3 Å². The summed E-state index contributed by atoms with van der Waals surface area (Å²) < 4.78 is 23.4. The van der Waals surface area contributed by atoms with Gasteiger partial charge in [-0.25, -0.2) is 0 Å². The maximum atomic E-state index is 10.9. The summed E-state index contributed by atoms with van der Waals surface area (Å²) in [5, 5.41) is 14.2. The van der Waals surface area contributed by atoms with E-state index in [1.807, 2.05) is 42.5 Å². The Bertz CT molecular complexity index is 1130. The van der Waals surface area contributed by atoms with Crippen LogP contribution < -0.4 is 19.7 Å². The van der Waals surface area contributed by atoms with Gasteiger partial charge in [0.15, 0.2) is 0 Å². The van der Waals surface area contributed by atoms with Gasteiger partial charge in [-0.2, -0.15) is 0 Å². The lowest BCUT2D eigenvalue weighted by molar-refractivity contribution is -0.0328. The van der Waals surface area contributed by atoms with Gasteiger partial charge in [0, 0.05) is 51.7 Å². The van der Waals surface area contributed by atoms with Gasteiger partial charge in [-0.05, 0) is 53.9 Å². The van der Waals surface area contributed by atoms with Crippen LogP contribution in [0.3, 0.4) is 0 Å². The van der Waals surface area contributed by atoms with E-state index in [1.165, 1.54) is 0 Å².